The number of thiophene rings is 1. The highest BCUT2D eigenvalue weighted by Gasteiger charge is 2.31. The molecule has 0 spiro atoms. The van der Waals surface area contributed by atoms with Gasteiger partial charge in [0.25, 0.3) is 0 Å². The molecule has 0 unspecified atom stereocenters. The Balaban J connectivity index is 1.51. The number of carbonyl (C=O) groups excluding carboxylic acids is 2. The number of carbonyl (C=O) groups is 2. The van der Waals surface area contributed by atoms with Crippen molar-refractivity contribution in [2.45, 2.75) is 16.9 Å². The maximum Gasteiger partial charge on any atom is 0.416 e. The first-order chi connectivity index (χ1) is 14.2. The van der Waals surface area contributed by atoms with Crippen LogP contribution in [0.5, 0.6) is 0 Å². The molecule has 2 N–H and O–H groups in total. The molecule has 0 fully saturated rings. The Hall–Kier alpha value is -2.15. The third kappa shape index (κ3) is 6.42. The molecular weight excluding hydrogens is 481 g/mol. The van der Waals surface area contributed by atoms with Gasteiger partial charge in [-0.05, 0) is 29.6 Å². The number of halogens is 4. The smallest absolute Gasteiger partial charge is 0.324 e. The maximum atomic E-state index is 12.8. The summed E-state index contributed by atoms with van der Waals surface area (Å²) in [5.74, 6) is -0.911. The number of amides is 2. The molecule has 0 aliphatic carbocycles. The summed E-state index contributed by atoms with van der Waals surface area (Å²) >= 11 is 9.45. The zero-order valence-corrected chi connectivity index (χ0v) is 18.0. The number of anilines is 2. The van der Waals surface area contributed by atoms with E-state index in [0.717, 1.165) is 46.2 Å². The average molecular weight is 493 g/mol. The van der Waals surface area contributed by atoms with Crippen LogP contribution >= 0.6 is 46.0 Å². The Bertz CT molecular complexity index is 1040. The number of thioether (sulfide) groups is 1. The van der Waals surface area contributed by atoms with Crippen LogP contribution in [0.25, 0.3) is 0 Å². The van der Waals surface area contributed by atoms with E-state index in [-0.39, 0.29) is 28.8 Å². The molecule has 2 amide bonds. The zero-order valence-electron chi connectivity index (χ0n) is 14.8. The average Bonchev–Trinajstić information content (AvgIpc) is 3.33. The molecule has 0 atom stereocenters. The SMILES string of the molecule is O=C(Cc1cccs1)Nc1nnc(SCC(=O)Nc2cc(C(F)(F)F)ccc2Cl)s1. The van der Waals surface area contributed by atoms with Crippen molar-refractivity contribution in [3.05, 3.63) is 51.2 Å². The van der Waals surface area contributed by atoms with Crippen molar-refractivity contribution < 1.29 is 22.8 Å². The summed E-state index contributed by atoms with van der Waals surface area (Å²) in [5, 5.41) is 14.9. The third-order valence-corrected chi connectivity index (χ3v) is 6.64. The normalized spacial score (nSPS) is 11.3. The highest BCUT2D eigenvalue weighted by atomic mass is 35.5. The van der Waals surface area contributed by atoms with Crippen LogP contribution < -0.4 is 10.6 Å². The number of benzene rings is 1. The fourth-order valence-corrected chi connectivity index (χ4v) is 4.60. The van der Waals surface area contributed by atoms with E-state index in [1.54, 1.807) is 0 Å². The van der Waals surface area contributed by atoms with Crippen molar-refractivity contribution >= 4 is 68.7 Å². The molecule has 0 saturated heterocycles. The van der Waals surface area contributed by atoms with Gasteiger partial charge in [0.2, 0.25) is 16.9 Å². The van der Waals surface area contributed by atoms with Gasteiger partial charge in [0.1, 0.15) is 0 Å². The van der Waals surface area contributed by atoms with Crippen molar-refractivity contribution in [1.29, 1.82) is 0 Å². The van der Waals surface area contributed by atoms with E-state index in [2.05, 4.69) is 20.8 Å². The van der Waals surface area contributed by atoms with E-state index >= 15 is 0 Å². The fourth-order valence-electron chi connectivity index (χ4n) is 2.16. The molecule has 2 heterocycles. The zero-order chi connectivity index (χ0) is 21.7. The standard InChI is InChI=1S/C17H12ClF3N4O2S3/c18-11-4-3-9(17(19,20)21)6-12(11)22-14(27)8-29-16-25-24-15(30-16)23-13(26)7-10-2-1-5-28-10/h1-6H,7-8H2,(H,22,27)(H,23,24,26). The molecule has 30 heavy (non-hydrogen) atoms. The quantitative estimate of drug-likeness (QED) is 0.350. The minimum Gasteiger partial charge on any atom is -0.324 e. The summed E-state index contributed by atoms with van der Waals surface area (Å²) in [6.45, 7) is 0. The number of hydrogen-bond donors (Lipinski definition) is 2. The lowest BCUT2D eigenvalue weighted by Crippen LogP contribution is -2.15. The lowest BCUT2D eigenvalue weighted by molar-refractivity contribution is -0.137. The summed E-state index contributed by atoms with van der Waals surface area (Å²) in [4.78, 5) is 25.0. The molecule has 3 aromatic rings. The van der Waals surface area contributed by atoms with E-state index in [4.69, 9.17) is 11.6 Å². The van der Waals surface area contributed by atoms with Gasteiger partial charge >= 0.3 is 6.18 Å². The van der Waals surface area contributed by atoms with Gasteiger partial charge < -0.3 is 10.6 Å². The Kier molecular flexibility index (Phi) is 7.34. The first-order valence-corrected chi connectivity index (χ1v) is 11.2. The van der Waals surface area contributed by atoms with Crippen LogP contribution in [-0.4, -0.2) is 27.8 Å². The van der Waals surface area contributed by atoms with E-state index in [9.17, 15) is 22.8 Å². The third-order valence-electron chi connectivity index (χ3n) is 3.46. The number of nitrogens with zero attached hydrogens (tertiary/aromatic N) is 2. The van der Waals surface area contributed by atoms with Crippen LogP contribution in [0.1, 0.15) is 10.4 Å². The minimum atomic E-state index is -4.55. The molecule has 0 saturated carbocycles. The van der Waals surface area contributed by atoms with Gasteiger partial charge in [-0.2, -0.15) is 13.2 Å². The first kappa shape index (κ1) is 22.5. The Morgan fingerprint density at radius 1 is 1.13 bits per heavy atom. The van der Waals surface area contributed by atoms with Gasteiger partial charge in [0.15, 0.2) is 4.34 Å². The Morgan fingerprint density at radius 2 is 1.93 bits per heavy atom. The Morgan fingerprint density at radius 3 is 2.63 bits per heavy atom. The van der Waals surface area contributed by atoms with Crippen LogP contribution in [0, 0.1) is 0 Å². The second-order valence-electron chi connectivity index (χ2n) is 5.71. The molecule has 1 aromatic carbocycles. The maximum absolute atomic E-state index is 12.8. The van der Waals surface area contributed by atoms with Crippen LogP contribution in [0.4, 0.5) is 24.0 Å². The van der Waals surface area contributed by atoms with Gasteiger partial charge in [-0.3, -0.25) is 9.59 Å². The number of nitrogens with one attached hydrogen (secondary N) is 2. The summed E-state index contributed by atoms with van der Waals surface area (Å²) in [7, 11) is 0. The molecular formula is C17H12ClF3N4O2S3. The summed E-state index contributed by atoms with van der Waals surface area (Å²) in [6, 6.07) is 6.38. The van der Waals surface area contributed by atoms with Crippen molar-refractivity contribution in [2.24, 2.45) is 0 Å². The molecule has 2 aromatic heterocycles. The number of hydrogen-bond acceptors (Lipinski definition) is 7. The summed E-state index contributed by atoms with van der Waals surface area (Å²) < 4.78 is 38.8. The number of aromatic nitrogens is 2. The molecule has 6 nitrogen and oxygen atoms in total. The monoisotopic (exact) mass is 492 g/mol. The van der Waals surface area contributed by atoms with Crippen molar-refractivity contribution in [3.63, 3.8) is 0 Å². The van der Waals surface area contributed by atoms with Gasteiger partial charge in [-0.25, -0.2) is 0 Å². The van der Waals surface area contributed by atoms with E-state index in [1.807, 2.05) is 17.5 Å². The Labute approximate surface area is 185 Å². The molecule has 3 rings (SSSR count). The number of alkyl halides is 3. The summed E-state index contributed by atoms with van der Waals surface area (Å²) in [5.41, 5.74) is -1.04. The molecule has 0 aliphatic rings. The van der Waals surface area contributed by atoms with Crippen molar-refractivity contribution in [3.8, 4) is 0 Å². The molecule has 158 valence electrons. The second-order valence-corrected chi connectivity index (χ2v) is 9.35. The molecule has 0 aliphatic heterocycles. The lowest BCUT2D eigenvalue weighted by atomic mass is 10.2. The molecule has 0 bridgehead atoms. The van der Waals surface area contributed by atoms with Gasteiger partial charge in [-0.15, -0.1) is 21.5 Å². The fraction of sp³-hybridized carbons (Fsp3) is 0.176. The minimum absolute atomic E-state index is 0.00648. The van der Waals surface area contributed by atoms with Crippen molar-refractivity contribution in [1.82, 2.24) is 10.2 Å². The predicted octanol–water partition coefficient (Wildman–Crippen LogP) is 5.18. The summed E-state index contributed by atoms with van der Waals surface area (Å²) in [6.07, 6.45) is -4.32. The van der Waals surface area contributed by atoms with Gasteiger partial charge in [-0.1, -0.05) is 40.8 Å². The topological polar surface area (TPSA) is 84.0 Å². The molecule has 13 heteroatoms. The van der Waals surface area contributed by atoms with Crippen LogP contribution in [0.15, 0.2) is 40.1 Å². The predicted molar refractivity (Wildman–Crippen MR) is 112 cm³/mol. The highest BCUT2D eigenvalue weighted by molar-refractivity contribution is 8.01. The highest BCUT2D eigenvalue weighted by Crippen LogP contribution is 2.34. The van der Waals surface area contributed by atoms with Gasteiger partial charge in [0.05, 0.1) is 28.4 Å². The molecule has 0 radical (unpaired) electrons. The van der Waals surface area contributed by atoms with E-state index in [1.165, 1.54) is 11.3 Å². The first-order valence-electron chi connectivity index (χ1n) is 8.16. The largest absolute Gasteiger partial charge is 0.416 e. The van der Waals surface area contributed by atoms with Crippen LogP contribution in [-0.2, 0) is 22.2 Å². The lowest BCUT2D eigenvalue weighted by Gasteiger charge is -2.11. The number of rotatable bonds is 7. The van der Waals surface area contributed by atoms with Crippen LogP contribution in [0.3, 0.4) is 0 Å². The second kappa shape index (κ2) is 9.77. The van der Waals surface area contributed by atoms with E-state index in [0.29, 0.717) is 9.47 Å². The van der Waals surface area contributed by atoms with Crippen LogP contribution in [0.2, 0.25) is 5.02 Å². The van der Waals surface area contributed by atoms with Gasteiger partial charge in [0, 0.05) is 4.88 Å². The van der Waals surface area contributed by atoms with Crippen molar-refractivity contribution in [2.75, 3.05) is 16.4 Å². The van der Waals surface area contributed by atoms with E-state index < -0.39 is 17.6 Å².